The molecule has 1 amide bonds. The minimum atomic E-state index is -0.306. The fourth-order valence-electron chi connectivity index (χ4n) is 2.69. The van der Waals surface area contributed by atoms with E-state index in [0.29, 0.717) is 12.5 Å². The first-order valence-electron chi connectivity index (χ1n) is 7.44. The fraction of sp³-hybridized carbons (Fsp3) is 0.786. The summed E-state index contributed by atoms with van der Waals surface area (Å²) in [7, 11) is 0. The van der Waals surface area contributed by atoms with Crippen LogP contribution in [0.2, 0.25) is 0 Å². The van der Waals surface area contributed by atoms with Gasteiger partial charge in [-0.05, 0) is 38.3 Å². The normalized spacial score (nSPS) is 19.8. The van der Waals surface area contributed by atoms with Gasteiger partial charge >= 0.3 is 0 Å². The summed E-state index contributed by atoms with van der Waals surface area (Å²) in [5, 5.41) is 13.1. The summed E-state index contributed by atoms with van der Waals surface area (Å²) in [6.45, 7) is 6.81. The molecule has 1 aromatic rings. The van der Waals surface area contributed by atoms with Crippen molar-refractivity contribution in [2.24, 2.45) is 11.3 Å². The van der Waals surface area contributed by atoms with Crippen LogP contribution in [0.3, 0.4) is 0 Å². The third-order valence-corrected chi connectivity index (χ3v) is 4.24. The third-order valence-electron chi connectivity index (χ3n) is 4.24. The van der Waals surface area contributed by atoms with Crippen LogP contribution >= 0.6 is 0 Å². The highest BCUT2D eigenvalue weighted by molar-refractivity contribution is 5.82. The number of hydrogen-bond acceptors (Lipinski definition) is 4. The predicted molar refractivity (Wildman–Crippen MR) is 77.1 cm³/mol. The van der Waals surface area contributed by atoms with E-state index in [1.165, 1.54) is 6.33 Å². The highest BCUT2D eigenvalue weighted by Gasteiger charge is 2.36. The Morgan fingerprint density at radius 1 is 1.55 bits per heavy atom. The van der Waals surface area contributed by atoms with Crippen LogP contribution in [0, 0.1) is 11.3 Å². The number of rotatable bonds is 6. The molecule has 1 aliphatic rings. The Morgan fingerprint density at radius 3 is 3.05 bits per heavy atom. The second-order valence-corrected chi connectivity index (χ2v) is 6.06. The Labute approximate surface area is 120 Å². The molecule has 0 bridgehead atoms. The van der Waals surface area contributed by atoms with Crippen molar-refractivity contribution >= 4 is 5.91 Å². The molecule has 20 heavy (non-hydrogen) atoms. The maximum Gasteiger partial charge on any atom is 0.225 e. The van der Waals surface area contributed by atoms with Gasteiger partial charge < -0.3 is 10.6 Å². The summed E-state index contributed by atoms with van der Waals surface area (Å²) < 4.78 is 0. The third kappa shape index (κ3) is 3.79. The molecule has 112 valence electrons. The summed E-state index contributed by atoms with van der Waals surface area (Å²) in [6, 6.07) is 0. The van der Waals surface area contributed by atoms with Gasteiger partial charge in [0.25, 0.3) is 0 Å². The van der Waals surface area contributed by atoms with Gasteiger partial charge in [0.05, 0.1) is 0 Å². The van der Waals surface area contributed by atoms with E-state index < -0.39 is 0 Å². The zero-order valence-corrected chi connectivity index (χ0v) is 12.4. The van der Waals surface area contributed by atoms with E-state index in [9.17, 15) is 4.79 Å². The van der Waals surface area contributed by atoms with E-state index >= 15 is 0 Å². The molecule has 1 saturated heterocycles. The van der Waals surface area contributed by atoms with Gasteiger partial charge in [0.15, 0.2) is 0 Å². The summed E-state index contributed by atoms with van der Waals surface area (Å²) in [6.07, 6.45) is 5.48. The summed E-state index contributed by atoms with van der Waals surface area (Å²) >= 11 is 0. The van der Waals surface area contributed by atoms with E-state index in [1.807, 2.05) is 0 Å². The zero-order valence-electron chi connectivity index (χ0n) is 12.4. The number of piperidine rings is 1. The predicted octanol–water partition coefficient (Wildman–Crippen LogP) is 0.879. The van der Waals surface area contributed by atoms with Crippen LogP contribution in [0.1, 0.15) is 38.9 Å². The highest BCUT2D eigenvalue weighted by Crippen LogP contribution is 2.31. The van der Waals surface area contributed by atoms with Crippen molar-refractivity contribution in [3.8, 4) is 0 Å². The van der Waals surface area contributed by atoms with Gasteiger partial charge in [0, 0.05) is 18.4 Å². The van der Waals surface area contributed by atoms with E-state index in [2.05, 4.69) is 39.7 Å². The average Bonchev–Trinajstić information content (AvgIpc) is 2.97. The van der Waals surface area contributed by atoms with E-state index in [4.69, 9.17) is 0 Å². The van der Waals surface area contributed by atoms with Crippen molar-refractivity contribution in [3.05, 3.63) is 12.2 Å². The minimum absolute atomic E-state index is 0.156. The van der Waals surface area contributed by atoms with E-state index in [-0.39, 0.29) is 11.3 Å². The molecule has 2 rings (SSSR count). The molecule has 0 radical (unpaired) electrons. The van der Waals surface area contributed by atoms with Gasteiger partial charge in [-0.3, -0.25) is 9.89 Å². The lowest BCUT2D eigenvalue weighted by molar-refractivity contribution is -0.132. The van der Waals surface area contributed by atoms with Crippen LogP contribution in [0.4, 0.5) is 0 Å². The molecule has 3 N–H and O–H groups in total. The topological polar surface area (TPSA) is 82.7 Å². The number of aromatic nitrogens is 3. The number of nitrogens with one attached hydrogen (secondary N) is 3. The maximum absolute atomic E-state index is 12.4. The fourth-order valence-corrected chi connectivity index (χ4v) is 2.69. The molecular formula is C14H25N5O. The first-order chi connectivity index (χ1) is 9.60. The van der Waals surface area contributed by atoms with Crippen molar-refractivity contribution in [3.63, 3.8) is 0 Å². The van der Waals surface area contributed by atoms with Crippen molar-refractivity contribution in [1.29, 1.82) is 0 Å². The van der Waals surface area contributed by atoms with Crippen molar-refractivity contribution in [2.75, 3.05) is 19.6 Å². The van der Waals surface area contributed by atoms with Gasteiger partial charge in [-0.25, -0.2) is 4.98 Å². The Hall–Kier alpha value is -1.43. The van der Waals surface area contributed by atoms with Gasteiger partial charge in [0.2, 0.25) is 5.91 Å². The van der Waals surface area contributed by atoms with Crippen molar-refractivity contribution < 1.29 is 4.79 Å². The second-order valence-electron chi connectivity index (χ2n) is 6.06. The average molecular weight is 279 g/mol. The Balaban J connectivity index is 1.72. The number of H-pyrrole nitrogens is 1. The molecule has 6 heteroatoms. The number of carbonyl (C=O) groups excluding carboxylic acids is 1. The number of hydrogen-bond donors (Lipinski definition) is 3. The number of nitrogens with zero attached hydrogens (tertiary/aromatic N) is 2. The number of amides is 1. The summed E-state index contributed by atoms with van der Waals surface area (Å²) in [5.41, 5.74) is -0.306. The molecule has 1 aliphatic heterocycles. The largest absolute Gasteiger partial charge is 0.356 e. The van der Waals surface area contributed by atoms with Crippen LogP contribution < -0.4 is 10.6 Å². The highest BCUT2D eigenvalue weighted by atomic mass is 16.2. The molecule has 0 aliphatic carbocycles. The van der Waals surface area contributed by atoms with Crippen LogP contribution in [-0.2, 0) is 11.2 Å². The molecule has 2 heterocycles. The molecule has 0 aromatic carbocycles. The smallest absolute Gasteiger partial charge is 0.225 e. The lowest BCUT2D eigenvalue weighted by atomic mass is 9.74. The molecular weight excluding hydrogens is 254 g/mol. The summed E-state index contributed by atoms with van der Waals surface area (Å²) in [5.74, 6) is 1.45. The molecule has 1 aromatic heterocycles. The van der Waals surface area contributed by atoms with Crippen LogP contribution in [0.15, 0.2) is 6.33 Å². The van der Waals surface area contributed by atoms with Gasteiger partial charge in [0.1, 0.15) is 12.2 Å². The summed E-state index contributed by atoms with van der Waals surface area (Å²) in [4.78, 5) is 16.4. The molecule has 1 atom stereocenters. The van der Waals surface area contributed by atoms with Crippen LogP contribution in [0.25, 0.3) is 0 Å². The molecule has 0 saturated carbocycles. The van der Waals surface area contributed by atoms with Gasteiger partial charge in [-0.2, -0.15) is 5.10 Å². The molecule has 0 spiro atoms. The second kappa shape index (κ2) is 6.83. The Bertz CT molecular complexity index is 409. The Kier molecular flexibility index (Phi) is 5.11. The first-order valence-corrected chi connectivity index (χ1v) is 7.44. The van der Waals surface area contributed by atoms with E-state index in [0.717, 1.165) is 44.6 Å². The molecule has 1 fully saturated rings. The van der Waals surface area contributed by atoms with E-state index in [1.54, 1.807) is 0 Å². The molecule has 6 nitrogen and oxygen atoms in total. The SMILES string of the molecule is CC(C)(C(=O)NCCCc1ncn[nH]1)C1CCCNC1. The van der Waals surface area contributed by atoms with Crippen molar-refractivity contribution in [2.45, 2.75) is 39.5 Å². The Morgan fingerprint density at radius 2 is 2.40 bits per heavy atom. The van der Waals surface area contributed by atoms with Gasteiger partial charge in [-0.15, -0.1) is 0 Å². The quantitative estimate of drug-likeness (QED) is 0.675. The number of aryl methyl sites for hydroxylation is 1. The van der Waals surface area contributed by atoms with Gasteiger partial charge in [-0.1, -0.05) is 13.8 Å². The van der Waals surface area contributed by atoms with Crippen LogP contribution in [0.5, 0.6) is 0 Å². The lowest BCUT2D eigenvalue weighted by Crippen LogP contribution is -2.47. The lowest BCUT2D eigenvalue weighted by Gasteiger charge is -2.36. The number of carbonyl (C=O) groups is 1. The molecule has 1 unspecified atom stereocenters. The standard InChI is InChI=1S/C14H25N5O/c1-14(2,11-5-3-7-15-9-11)13(20)16-8-4-6-12-17-10-18-19-12/h10-11,15H,3-9H2,1-2H3,(H,16,20)(H,17,18,19). The van der Waals surface area contributed by atoms with Crippen molar-refractivity contribution in [1.82, 2.24) is 25.8 Å². The maximum atomic E-state index is 12.4. The zero-order chi connectivity index (χ0) is 14.4. The van der Waals surface area contributed by atoms with Crippen LogP contribution in [-0.4, -0.2) is 40.7 Å². The first kappa shape index (κ1) is 15.0. The number of aromatic amines is 1. The minimum Gasteiger partial charge on any atom is -0.356 e. The monoisotopic (exact) mass is 279 g/mol.